The summed E-state index contributed by atoms with van der Waals surface area (Å²) >= 11 is -2.64. The van der Waals surface area contributed by atoms with Crippen molar-refractivity contribution in [2.75, 3.05) is 4.31 Å². The van der Waals surface area contributed by atoms with E-state index in [-0.39, 0.29) is 11.9 Å². The number of carbonyl (C=O) groups is 1. The van der Waals surface area contributed by atoms with E-state index in [9.17, 15) is 13.6 Å². The molecule has 162 valence electrons. The van der Waals surface area contributed by atoms with Crippen molar-refractivity contribution in [2.24, 2.45) is 5.92 Å². The molecule has 7 heteroatoms. The minimum Gasteiger partial charge on any atom is -0.755 e. The van der Waals surface area contributed by atoms with Gasteiger partial charge in [0.05, 0.1) is 33.7 Å². The molecule has 0 radical (unpaired) electrons. The number of nitrogens with zero attached hydrogens (tertiary/aromatic N) is 2. The highest BCUT2D eigenvalue weighted by Gasteiger charge is 2.25. The molecule has 0 aliphatic heterocycles. The van der Waals surface area contributed by atoms with Crippen LogP contribution in [0.5, 0.6) is 0 Å². The number of para-hydroxylation sites is 2. The second-order valence-corrected chi connectivity index (χ2v) is 8.84. The number of benzene rings is 2. The molecule has 1 aliphatic carbocycles. The molecular weight excluding hydrogens is 410 g/mol. The number of hydrogen-bond donors (Lipinski definition) is 1. The maximum atomic E-state index is 13.2. The van der Waals surface area contributed by atoms with Gasteiger partial charge in [0.1, 0.15) is 0 Å². The van der Waals surface area contributed by atoms with Crippen LogP contribution in [0.15, 0.2) is 60.8 Å². The van der Waals surface area contributed by atoms with Crippen LogP contribution in [-0.4, -0.2) is 25.7 Å². The highest BCUT2D eigenvalue weighted by atomic mass is 32.2. The van der Waals surface area contributed by atoms with Gasteiger partial charge in [0.25, 0.3) is 5.91 Å². The highest BCUT2D eigenvalue weighted by molar-refractivity contribution is 7.81. The first kappa shape index (κ1) is 21.5. The number of hydrogen-bond acceptors (Lipinski definition) is 4. The average Bonchev–Trinajstić information content (AvgIpc) is 2.80. The van der Waals surface area contributed by atoms with Crippen molar-refractivity contribution >= 4 is 39.5 Å². The average molecular weight is 437 g/mol. The van der Waals surface area contributed by atoms with Gasteiger partial charge in [-0.2, -0.15) is 0 Å². The SMILES string of the molecule is CC(NC(=O)c1ccccc1N(c1cccc2cccnc12)S(=O)[O-])C1CCCCC1. The molecule has 1 fully saturated rings. The summed E-state index contributed by atoms with van der Waals surface area (Å²) in [4.78, 5) is 17.6. The first-order chi connectivity index (χ1) is 15.1. The van der Waals surface area contributed by atoms with Crippen LogP contribution >= 0.6 is 0 Å². The third-order valence-corrected chi connectivity index (χ3v) is 6.75. The van der Waals surface area contributed by atoms with Gasteiger partial charge < -0.3 is 9.87 Å². The van der Waals surface area contributed by atoms with Crippen LogP contribution in [0.3, 0.4) is 0 Å². The van der Waals surface area contributed by atoms with Gasteiger partial charge in [-0.15, -0.1) is 0 Å². The van der Waals surface area contributed by atoms with Gasteiger partial charge in [-0.1, -0.05) is 49.6 Å². The smallest absolute Gasteiger partial charge is 0.253 e. The van der Waals surface area contributed by atoms with Crippen molar-refractivity contribution in [3.8, 4) is 0 Å². The lowest BCUT2D eigenvalue weighted by atomic mass is 9.84. The zero-order chi connectivity index (χ0) is 21.8. The Balaban J connectivity index is 1.70. The van der Waals surface area contributed by atoms with Gasteiger partial charge in [0.15, 0.2) is 0 Å². The van der Waals surface area contributed by atoms with Crippen molar-refractivity contribution in [3.05, 3.63) is 66.4 Å². The van der Waals surface area contributed by atoms with Crippen LogP contribution in [0, 0.1) is 5.92 Å². The fourth-order valence-corrected chi connectivity index (χ4v) is 5.05. The summed E-state index contributed by atoms with van der Waals surface area (Å²) in [6.07, 6.45) is 7.49. The summed E-state index contributed by atoms with van der Waals surface area (Å²) in [5.41, 5.74) is 1.59. The number of nitrogens with one attached hydrogen (secondary N) is 1. The molecule has 3 aromatic rings. The molecule has 0 spiro atoms. The fourth-order valence-electron chi connectivity index (χ4n) is 4.42. The Morgan fingerprint density at radius 2 is 1.77 bits per heavy atom. The molecule has 2 unspecified atom stereocenters. The molecule has 6 nitrogen and oxygen atoms in total. The zero-order valence-corrected chi connectivity index (χ0v) is 18.3. The second-order valence-electron chi connectivity index (χ2n) is 8.04. The third kappa shape index (κ3) is 4.62. The van der Waals surface area contributed by atoms with Crippen LogP contribution in [0.4, 0.5) is 11.4 Å². The molecule has 1 heterocycles. The molecule has 2 atom stereocenters. The van der Waals surface area contributed by atoms with E-state index in [1.807, 2.05) is 19.1 Å². The van der Waals surface area contributed by atoms with Gasteiger partial charge in [-0.05, 0) is 49.9 Å². The summed E-state index contributed by atoms with van der Waals surface area (Å²) in [5, 5.41) is 3.93. The molecule has 0 saturated heterocycles. The molecule has 1 saturated carbocycles. The van der Waals surface area contributed by atoms with Crippen molar-refractivity contribution in [1.29, 1.82) is 0 Å². The minimum atomic E-state index is -2.64. The lowest BCUT2D eigenvalue weighted by molar-refractivity contribution is 0.0920. The lowest BCUT2D eigenvalue weighted by Crippen LogP contribution is -2.39. The van der Waals surface area contributed by atoms with Crippen molar-refractivity contribution < 1.29 is 13.6 Å². The predicted molar refractivity (Wildman–Crippen MR) is 123 cm³/mol. The maximum Gasteiger partial charge on any atom is 0.253 e. The molecule has 1 aliphatic rings. The van der Waals surface area contributed by atoms with E-state index < -0.39 is 11.3 Å². The summed E-state index contributed by atoms with van der Waals surface area (Å²) in [5.74, 6) is 0.189. The van der Waals surface area contributed by atoms with Crippen molar-refractivity contribution in [3.63, 3.8) is 0 Å². The predicted octanol–water partition coefficient (Wildman–Crippen LogP) is 4.87. The van der Waals surface area contributed by atoms with Gasteiger partial charge in [-0.3, -0.25) is 18.3 Å². The fraction of sp³-hybridized carbons (Fsp3) is 0.333. The number of amides is 1. The monoisotopic (exact) mass is 436 g/mol. The lowest BCUT2D eigenvalue weighted by Gasteiger charge is -2.30. The molecular formula is C24H26N3O3S-. The van der Waals surface area contributed by atoms with Crippen molar-refractivity contribution in [2.45, 2.75) is 45.1 Å². The van der Waals surface area contributed by atoms with Gasteiger partial charge in [0, 0.05) is 17.6 Å². The quantitative estimate of drug-likeness (QED) is 0.559. The van der Waals surface area contributed by atoms with Gasteiger partial charge >= 0.3 is 0 Å². The van der Waals surface area contributed by atoms with Gasteiger partial charge in [0.2, 0.25) is 0 Å². The topological polar surface area (TPSA) is 85.4 Å². The summed E-state index contributed by atoms with van der Waals surface area (Å²) in [6.45, 7) is 2.04. The molecule has 1 aromatic heterocycles. The Hall–Kier alpha value is -2.77. The van der Waals surface area contributed by atoms with E-state index >= 15 is 0 Å². The minimum absolute atomic E-state index is 0.0336. The number of aromatic nitrogens is 1. The molecule has 0 bridgehead atoms. The Bertz CT molecular complexity index is 1090. The van der Waals surface area contributed by atoms with E-state index in [1.54, 1.807) is 48.7 Å². The molecule has 2 aromatic carbocycles. The highest BCUT2D eigenvalue weighted by Crippen LogP contribution is 2.34. The maximum absolute atomic E-state index is 13.2. The largest absolute Gasteiger partial charge is 0.755 e. The Morgan fingerprint density at radius 3 is 2.55 bits per heavy atom. The summed E-state index contributed by atoms with van der Waals surface area (Å²) < 4.78 is 25.9. The molecule has 1 amide bonds. The number of anilines is 2. The van der Waals surface area contributed by atoms with Crippen LogP contribution < -0.4 is 9.62 Å². The Morgan fingerprint density at radius 1 is 1.06 bits per heavy atom. The Kier molecular flexibility index (Phi) is 6.63. The first-order valence-corrected chi connectivity index (χ1v) is 11.7. The molecule has 1 N–H and O–H groups in total. The van der Waals surface area contributed by atoms with Crippen LogP contribution in [0.25, 0.3) is 10.9 Å². The zero-order valence-electron chi connectivity index (χ0n) is 17.5. The van der Waals surface area contributed by atoms with E-state index in [4.69, 9.17) is 0 Å². The molecule has 31 heavy (non-hydrogen) atoms. The van der Waals surface area contributed by atoms with Crippen molar-refractivity contribution in [1.82, 2.24) is 10.3 Å². The second kappa shape index (κ2) is 9.58. The number of carbonyl (C=O) groups excluding carboxylic acids is 1. The van der Waals surface area contributed by atoms with Crippen LogP contribution in [0.1, 0.15) is 49.4 Å². The number of rotatable bonds is 6. The molecule has 4 rings (SSSR count). The Labute approximate surface area is 185 Å². The normalized spacial score (nSPS) is 16.6. The van der Waals surface area contributed by atoms with Crippen LogP contribution in [0.2, 0.25) is 0 Å². The van der Waals surface area contributed by atoms with E-state index in [2.05, 4.69) is 10.3 Å². The van der Waals surface area contributed by atoms with Crippen LogP contribution in [-0.2, 0) is 11.3 Å². The van der Waals surface area contributed by atoms with E-state index in [1.165, 1.54) is 19.3 Å². The standard InChI is InChI=1S/C24H27N3O3S/c1-17(18-9-3-2-4-10-18)26-24(28)20-13-5-6-14-21(20)27(31(29)30)22-15-7-11-19-12-8-16-25-23(19)22/h5-8,11-18H,2-4,9-10H2,1H3,(H,26,28)(H,29,30)/p-1. The summed E-state index contributed by atoms with van der Waals surface area (Å²) in [6, 6.07) is 15.9. The number of fused-ring (bicyclic) bond motifs is 1. The summed E-state index contributed by atoms with van der Waals surface area (Å²) in [7, 11) is 0. The van der Waals surface area contributed by atoms with E-state index in [0.717, 1.165) is 22.5 Å². The first-order valence-electron chi connectivity index (χ1n) is 10.7. The third-order valence-electron chi connectivity index (χ3n) is 6.06. The number of pyridine rings is 1. The van der Waals surface area contributed by atoms with E-state index in [0.29, 0.717) is 28.4 Å². The van der Waals surface area contributed by atoms with Gasteiger partial charge in [-0.25, -0.2) is 0 Å².